The maximum Gasteiger partial charge on any atom is 0.112 e. The summed E-state index contributed by atoms with van der Waals surface area (Å²) < 4.78 is 5.65. The van der Waals surface area contributed by atoms with Gasteiger partial charge >= 0.3 is 0 Å². The molecule has 1 aromatic rings. The van der Waals surface area contributed by atoms with E-state index in [1.54, 1.807) is 11.3 Å². The molecule has 0 radical (unpaired) electrons. The molecular formula is C11H19N3OS. The monoisotopic (exact) mass is 241 g/mol. The van der Waals surface area contributed by atoms with Crippen molar-refractivity contribution in [1.82, 2.24) is 15.6 Å². The first kappa shape index (κ1) is 12.0. The molecule has 2 rings (SSSR count). The van der Waals surface area contributed by atoms with E-state index in [1.807, 2.05) is 11.6 Å². The van der Waals surface area contributed by atoms with Crippen LogP contribution in [-0.4, -0.2) is 37.3 Å². The third-order valence-corrected chi connectivity index (χ3v) is 3.84. The summed E-state index contributed by atoms with van der Waals surface area (Å²) in [6, 6.07) is 0. The van der Waals surface area contributed by atoms with Crippen LogP contribution in [-0.2, 0) is 10.3 Å². The number of ether oxygens (including phenoxy) is 1. The summed E-state index contributed by atoms with van der Waals surface area (Å²) in [6.45, 7) is 7.88. The largest absolute Gasteiger partial charge is 0.374 e. The fourth-order valence-electron chi connectivity index (χ4n) is 1.73. The van der Waals surface area contributed by atoms with Gasteiger partial charge in [0.15, 0.2) is 0 Å². The van der Waals surface area contributed by atoms with Gasteiger partial charge in [0, 0.05) is 31.2 Å². The molecule has 1 saturated heterocycles. The molecule has 2 heterocycles. The van der Waals surface area contributed by atoms with Crippen molar-refractivity contribution >= 4 is 11.3 Å². The van der Waals surface area contributed by atoms with Crippen molar-refractivity contribution in [2.45, 2.75) is 25.5 Å². The van der Waals surface area contributed by atoms with Gasteiger partial charge in [-0.1, -0.05) is 0 Å². The van der Waals surface area contributed by atoms with Crippen LogP contribution >= 0.6 is 11.3 Å². The number of hydrogen-bond donors (Lipinski definition) is 2. The van der Waals surface area contributed by atoms with E-state index in [4.69, 9.17) is 4.74 Å². The maximum atomic E-state index is 5.65. The van der Waals surface area contributed by atoms with Gasteiger partial charge in [0.1, 0.15) is 5.01 Å². The van der Waals surface area contributed by atoms with Gasteiger partial charge in [-0.3, -0.25) is 0 Å². The minimum Gasteiger partial charge on any atom is -0.374 e. The van der Waals surface area contributed by atoms with Crippen LogP contribution in [0.15, 0.2) is 11.6 Å². The molecule has 0 aromatic carbocycles. The second kappa shape index (κ2) is 5.23. The van der Waals surface area contributed by atoms with Crippen LogP contribution in [0, 0.1) is 0 Å². The van der Waals surface area contributed by atoms with Crippen LogP contribution in [0.4, 0.5) is 0 Å². The molecule has 0 aliphatic carbocycles. The minimum absolute atomic E-state index is 0.0744. The summed E-state index contributed by atoms with van der Waals surface area (Å²) in [5, 5.41) is 9.97. The van der Waals surface area contributed by atoms with Crippen LogP contribution in [0.5, 0.6) is 0 Å². The Balaban J connectivity index is 1.84. The number of nitrogens with one attached hydrogen (secondary N) is 2. The van der Waals surface area contributed by atoms with E-state index in [0.717, 1.165) is 31.2 Å². The highest BCUT2D eigenvalue weighted by atomic mass is 32.1. The van der Waals surface area contributed by atoms with E-state index < -0.39 is 0 Å². The van der Waals surface area contributed by atoms with E-state index in [2.05, 4.69) is 29.5 Å². The molecule has 1 aromatic heterocycles. The Morgan fingerprint density at radius 1 is 1.69 bits per heavy atom. The van der Waals surface area contributed by atoms with Gasteiger partial charge in [0.05, 0.1) is 18.2 Å². The predicted octanol–water partition coefficient (Wildman–Crippen LogP) is 0.956. The van der Waals surface area contributed by atoms with E-state index in [1.165, 1.54) is 0 Å². The van der Waals surface area contributed by atoms with Gasteiger partial charge in [0.2, 0.25) is 0 Å². The average molecular weight is 241 g/mol. The van der Waals surface area contributed by atoms with Crippen molar-refractivity contribution in [1.29, 1.82) is 0 Å². The van der Waals surface area contributed by atoms with Crippen LogP contribution in [0.2, 0.25) is 0 Å². The van der Waals surface area contributed by atoms with Crippen LogP contribution in [0.25, 0.3) is 0 Å². The van der Waals surface area contributed by atoms with Gasteiger partial charge in [0.25, 0.3) is 0 Å². The molecule has 0 bridgehead atoms. The first-order chi connectivity index (χ1) is 7.68. The molecule has 2 N–H and O–H groups in total. The average Bonchev–Trinajstić information content (AvgIpc) is 2.82. The lowest BCUT2D eigenvalue weighted by atomic mass is 10.1. The van der Waals surface area contributed by atoms with Gasteiger partial charge in [-0.15, -0.1) is 11.3 Å². The first-order valence-corrected chi connectivity index (χ1v) is 6.54. The van der Waals surface area contributed by atoms with Gasteiger partial charge < -0.3 is 15.4 Å². The molecule has 1 unspecified atom stereocenters. The molecule has 16 heavy (non-hydrogen) atoms. The van der Waals surface area contributed by atoms with E-state index in [0.29, 0.717) is 0 Å². The van der Waals surface area contributed by atoms with Crippen molar-refractivity contribution in [2.75, 3.05) is 26.2 Å². The number of thiazole rings is 1. The molecule has 0 spiro atoms. The van der Waals surface area contributed by atoms with Crippen LogP contribution in [0.3, 0.4) is 0 Å². The van der Waals surface area contributed by atoms with Crippen LogP contribution < -0.4 is 10.6 Å². The van der Waals surface area contributed by atoms with E-state index >= 15 is 0 Å². The molecule has 0 saturated carbocycles. The molecule has 5 heteroatoms. The van der Waals surface area contributed by atoms with Gasteiger partial charge in [-0.05, 0) is 13.8 Å². The molecule has 4 nitrogen and oxygen atoms in total. The Morgan fingerprint density at radius 2 is 2.56 bits per heavy atom. The summed E-state index contributed by atoms with van der Waals surface area (Å²) in [7, 11) is 0. The number of morpholine rings is 1. The zero-order valence-corrected chi connectivity index (χ0v) is 10.6. The zero-order valence-electron chi connectivity index (χ0n) is 9.82. The lowest BCUT2D eigenvalue weighted by Crippen LogP contribution is -2.48. The molecule has 90 valence electrons. The summed E-state index contributed by atoms with van der Waals surface area (Å²) in [6.07, 6.45) is 2.12. The highest BCUT2D eigenvalue weighted by Crippen LogP contribution is 2.21. The van der Waals surface area contributed by atoms with E-state index in [-0.39, 0.29) is 11.6 Å². The number of hydrogen-bond acceptors (Lipinski definition) is 5. The third kappa shape index (κ3) is 3.01. The number of aromatic nitrogens is 1. The first-order valence-electron chi connectivity index (χ1n) is 5.66. The predicted molar refractivity (Wildman–Crippen MR) is 65.8 cm³/mol. The van der Waals surface area contributed by atoms with E-state index in [9.17, 15) is 0 Å². The second-order valence-electron chi connectivity index (χ2n) is 4.54. The van der Waals surface area contributed by atoms with Crippen molar-refractivity contribution in [2.24, 2.45) is 0 Å². The third-order valence-electron chi connectivity index (χ3n) is 2.74. The second-order valence-corrected chi connectivity index (χ2v) is 5.43. The lowest BCUT2D eigenvalue weighted by Gasteiger charge is -2.29. The highest BCUT2D eigenvalue weighted by molar-refractivity contribution is 7.09. The topological polar surface area (TPSA) is 46.2 Å². The molecular weight excluding hydrogens is 222 g/mol. The Bertz CT molecular complexity index is 307. The maximum absolute atomic E-state index is 5.65. The Kier molecular flexibility index (Phi) is 3.91. The quantitative estimate of drug-likeness (QED) is 0.824. The molecule has 1 fully saturated rings. The standard InChI is InChI=1S/C11H19N3OS/c1-11(2,10-13-4-6-16-10)14-8-9-7-12-3-5-15-9/h4,6,9,12,14H,3,5,7-8H2,1-2H3. The molecule has 1 atom stereocenters. The van der Waals surface area contributed by atoms with Gasteiger partial charge in [-0.2, -0.15) is 0 Å². The fraction of sp³-hybridized carbons (Fsp3) is 0.727. The number of rotatable bonds is 4. The zero-order chi connectivity index (χ0) is 11.4. The molecule has 1 aliphatic rings. The Labute approximate surface area is 100 Å². The summed E-state index contributed by atoms with van der Waals surface area (Å²) in [5.74, 6) is 0. The fourth-order valence-corrected chi connectivity index (χ4v) is 2.47. The number of nitrogens with zero attached hydrogens (tertiary/aromatic N) is 1. The van der Waals surface area contributed by atoms with Crippen molar-refractivity contribution in [3.63, 3.8) is 0 Å². The Morgan fingerprint density at radius 3 is 3.19 bits per heavy atom. The summed E-state index contributed by atoms with van der Waals surface area (Å²) in [5.41, 5.74) is -0.0744. The van der Waals surface area contributed by atoms with Crippen LogP contribution in [0.1, 0.15) is 18.9 Å². The normalized spacial score (nSPS) is 22.2. The molecule has 1 aliphatic heterocycles. The molecule has 0 amide bonds. The minimum atomic E-state index is -0.0744. The van der Waals surface area contributed by atoms with Crippen molar-refractivity contribution < 1.29 is 4.74 Å². The van der Waals surface area contributed by atoms with Crippen molar-refractivity contribution in [3.05, 3.63) is 16.6 Å². The SMILES string of the molecule is CC(C)(NCC1CNCCO1)c1nccs1. The highest BCUT2D eigenvalue weighted by Gasteiger charge is 2.24. The summed E-state index contributed by atoms with van der Waals surface area (Å²) >= 11 is 1.69. The van der Waals surface area contributed by atoms with Crippen molar-refractivity contribution in [3.8, 4) is 0 Å². The summed E-state index contributed by atoms with van der Waals surface area (Å²) in [4.78, 5) is 4.35. The van der Waals surface area contributed by atoms with Gasteiger partial charge in [-0.25, -0.2) is 4.98 Å². The lowest BCUT2D eigenvalue weighted by molar-refractivity contribution is 0.0249. The Hall–Kier alpha value is -0.490. The smallest absolute Gasteiger partial charge is 0.112 e.